The van der Waals surface area contributed by atoms with Gasteiger partial charge >= 0.3 is 0 Å². The van der Waals surface area contributed by atoms with Crippen molar-refractivity contribution in [3.63, 3.8) is 0 Å². The zero-order valence-corrected chi connectivity index (χ0v) is 15.7. The van der Waals surface area contributed by atoms with Crippen LogP contribution in [0.2, 0.25) is 0 Å². The molecule has 0 bridgehead atoms. The fraction of sp³-hybridized carbons (Fsp3) is 0.105. The molecule has 7 heteroatoms. The first-order chi connectivity index (χ1) is 12.7. The monoisotopic (exact) mass is 412 g/mol. The van der Waals surface area contributed by atoms with Gasteiger partial charge in [-0.1, -0.05) is 30.3 Å². The summed E-state index contributed by atoms with van der Waals surface area (Å²) >= 11 is 3.46. The molecule has 0 aliphatic rings. The van der Waals surface area contributed by atoms with Crippen LogP contribution in [0.3, 0.4) is 0 Å². The maximum absolute atomic E-state index is 11.9. The van der Waals surface area contributed by atoms with Gasteiger partial charge < -0.3 is 4.74 Å². The van der Waals surface area contributed by atoms with Crippen LogP contribution >= 0.6 is 15.9 Å². The van der Waals surface area contributed by atoms with E-state index < -0.39 is 0 Å². The number of rotatable bonds is 6. The van der Waals surface area contributed by atoms with Gasteiger partial charge in [-0.05, 0) is 46.6 Å². The molecule has 1 aromatic heterocycles. The molecule has 26 heavy (non-hydrogen) atoms. The summed E-state index contributed by atoms with van der Waals surface area (Å²) in [6.07, 6.45) is 1.63. The minimum Gasteiger partial charge on any atom is -0.493 e. The Morgan fingerprint density at radius 2 is 2.04 bits per heavy atom. The molecule has 6 nitrogen and oxygen atoms in total. The van der Waals surface area contributed by atoms with Gasteiger partial charge in [0.1, 0.15) is 5.75 Å². The molecule has 2 aromatic carbocycles. The lowest BCUT2D eigenvalue weighted by Crippen LogP contribution is -2.10. The number of hydrogen-bond donors (Lipinski definition) is 2. The summed E-state index contributed by atoms with van der Waals surface area (Å²) in [6, 6.07) is 16.6. The highest BCUT2D eigenvalue weighted by molar-refractivity contribution is 9.10. The predicted octanol–water partition coefficient (Wildman–Crippen LogP) is 4.04. The van der Waals surface area contributed by atoms with Gasteiger partial charge in [-0.25, -0.2) is 10.4 Å². The van der Waals surface area contributed by atoms with Gasteiger partial charge in [0.25, 0.3) is 5.56 Å². The smallest absolute Gasteiger partial charge is 0.252 e. The molecule has 0 saturated heterocycles. The van der Waals surface area contributed by atoms with E-state index in [1.54, 1.807) is 6.21 Å². The van der Waals surface area contributed by atoms with Crippen molar-refractivity contribution in [3.05, 3.63) is 75.0 Å². The second kappa shape index (κ2) is 8.44. The molecule has 3 aromatic rings. The molecule has 0 spiro atoms. The summed E-state index contributed by atoms with van der Waals surface area (Å²) in [7, 11) is 0. The Hall–Kier alpha value is -2.93. The molecule has 0 amide bonds. The van der Waals surface area contributed by atoms with E-state index in [1.165, 1.54) is 6.07 Å². The number of hydrogen-bond acceptors (Lipinski definition) is 5. The summed E-state index contributed by atoms with van der Waals surface area (Å²) in [5.74, 6) is 1.05. The van der Waals surface area contributed by atoms with Crippen LogP contribution in [0.4, 0.5) is 5.95 Å². The van der Waals surface area contributed by atoms with Crippen LogP contribution in [-0.4, -0.2) is 22.8 Å². The third-order valence-corrected chi connectivity index (χ3v) is 4.07. The third-order valence-electron chi connectivity index (χ3n) is 3.45. The molecular formula is C19H17BrN4O2. The van der Waals surface area contributed by atoms with Crippen molar-refractivity contribution in [2.45, 2.75) is 6.92 Å². The highest BCUT2D eigenvalue weighted by Gasteiger charge is 2.03. The normalized spacial score (nSPS) is 10.8. The Morgan fingerprint density at radius 1 is 1.23 bits per heavy atom. The lowest BCUT2D eigenvalue weighted by Gasteiger charge is -2.06. The maximum Gasteiger partial charge on any atom is 0.252 e. The standard InChI is InChI=1S/C19H17BrN4O2/c1-2-26-17-9-8-13(10-15(17)20)12-21-24-19-22-16(11-18(25)23-19)14-6-4-3-5-7-14/h3-12H,2H2,1H3,(H2,22,23,24,25)/b21-12-. The van der Waals surface area contributed by atoms with Gasteiger partial charge in [0.15, 0.2) is 0 Å². The lowest BCUT2D eigenvalue weighted by molar-refractivity contribution is 0.338. The van der Waals surface area contributed by atoms with Gasteiger partial charge in [-0.2, -0.15) is 5.10 Å². The Morgan fingerprint density at radius 3 is 2.77 bits per heavy atom. The maximum atomic E-state index is 11.9. The van der Waals surface area contributed by atoms with E-state index in [2.05, 4.69) is 36.4 Å². The molecule has 0 fully saturated rings. The van der Waals surface area contributed by atoms with Crippen LogP contribution in [-0.2, 0) is 0 Å². The van der Waals surface area contributed by atoms with E-state index >= 15 is 0 Å². The minimum atomic E-state index is -0.250. The number of H-pyrrole nitrogens is 1. The van der Waals surface area contributed by atoms with Crippen LogP contribution in [0.25, 0.3) is 11.3 Å². The van der Waals surface area contributed by atoms with E-state index in [1.807, 2.05) is 55.5 Å². The summed E-state index contributed by atoms with van der Waals surface area (Å²) in [4.78, 5) is 18.9. The zero-order chi connectivity index (χ0) is 18.4. The van der Waals surface area contributed by atoms with Crippen molar-refractivity contribution in [1.29, 1.82) is 0 Å². The molecule has 132 valence electrons. The van der Waals surface area contributed by atoms with Crippen molar-refractivity contribution in [1.82, 2.24) is 9.97 Å². The molecule has 1 heterocycles. The van der Waals surface area contributed by atoms with E-state index in [0.29, 0.717) is 12.3 Å². The average Bonchev–Trinajstić information content (AvgIpc) is 2.64. The molecule has 0 aliphatic heterocycles. The third kappa shape index (κ3) is 4.58. The van der Waals surface area contributed by atoms with Crippen LogP contribution in [0.1, 0.15) is 12.5 Å². The van der Waals surface area contributed by atoms with Gasteiger partial charge in [0.2, 0.25) is 5.95 Å². The Bertz CT molecular complexity index is 971. The number of aromatic nitrogens is 2. The topological polar surface area (TPSA) is 79.4 Å². The number of benzene rings is 2. The SMILES string of the molecule is CCOc1ccc(/C=N\Nc2nc(-c3ccccc3)cc(=O)[nH]2)cc1Br. The lowest BCUT2D eigenvalue weighted by atomic mass is 10.1. The van der Waals surface area contributed by atoms with Crippen molar-refractivity contribution in [3.8, 4) is 17.0 Å². The highest BCUT2D eigenvalue weighted by Crippen LogP contribution is 2.25. The zero-order valence-electron chi connectivity index (χ0n) is 14.1. The highest BCUT2D eigenvalue weighted by atomic mass is 79.9. The van der Waals surface area contributed by atoms with Crippen molar-refractivity contribution >= 4 is 28.1 Å². The predicted molar refractivity (Wildman–Crippen MR) is 107 cm³/mol. The van der Waals surface area contributed by atoms with Crippen molar-refractivity contribution < 1.29 is 4.74 Å². The second-order valence-electron chi connectivity index (χ2n) is 5.34. The van der Waals surface area contributed by atoms with E-state index in [9.17, 15) is 4.79 Å². The minimum absolute atomic E-state index is 0.250. The molecule has 0 unspecified atom stereocenters. The van der Waals surface area contributed by atoms with Crippen LogP contribution in [0.15, 0.2) is 69.0 Å². The van der Waals surface area contributed by atoms with E-state index in [0.717, 1.165) is 21.3 Å². The first kappa shape index (κ1) is 17.9. The Kier molecular flexibility index (Phi) is 5.80. The van der Waals surface area contributed by atoms with E-state index in [4.69, 9.17) is 4.74 Å². The van der Waals surface area contributed by atoms with Crippen molar-refractivity contribution in [2.24, 2.45) is 5.10 Å². The number of nitrogens with zero attached hydrogens (tertiary/aromatic N) is 2. The fourth-order valence-electron chi connectivity index (χ4n) is 2.31. The Balaban J connectivity index is 1.75. The first-order valence-corrected chi connectivity index (χ1v) is 8.83. The fourth-order valence-corrected chi connectivity index (χ4v) is 2.82. The van der Waals surface area contributed by atoms with Gasteiger partial charge in [0, 0.05) is 11.6 Å². The molecule has 2 N–H and O–H groups in total. The number of anilines is 1. The van der Waals surface area contributed by atoms with Gasteiger partial charge in [-0.15, -0.1) is 0 Å². The number of ether oxygens (including phenoxy) is 1. The summed E-state index contributed by atoms with van der Waals surface area (Å²) in [6.45, 7) is 2.54. The van der Waals surface area contributed by atoms with Crippen LogP contribution in [0, 0.1) is 0 Å². The van der Waals surface area contributed by atoms with Gasteiger partial charge in [-0.3, -0.25) is 9.78 Å². The summed E-state index contributed by atoms with van der Waals surface area (Å²) in [5.41, 5.74) is 4.82. The van der Waals surface area contributed by atoms with Gasteiger partial charge in [0.05, 0.1) is 23.0 Å². The number of halogens is 1. The molecule has 3 rings (SSSR count). The van der Waals surface area contributed by atoms with Crippen LogP contribution in [0.5, 0.6) is 5.75 Å². The molecule has 0 atom stereocenters. The molecular weight excluding hydrogens is 396 g/mol. The number of aromatic amines is 1. The summed E-state index contributed by atoms with van der Waals surface area (Å²) in [5, 5.41) is 4.14. The molecule has 0 saturated carbocycles. The number of nitrogens with one attached hydrogen (secondary N) is 2. The number of hydrazone groups is 1. The molecule has 0 radical (unpaired) electrons. The summed E-state index contributed by atoms with van der Waals surface area (Å²) < 4.78 is 6.33. The quantitative estimate of drug-likeness (QED) is 0.472. The average molecular weight is 413 g/mol. The largest absolute Gasteiger partial charge is 0.493 e. The van der Waals surface area contributed by atoms with Crippen molar-refractivity contribution in [2.75, 3.05) is 12.0 Å². The molecule has 0 aliphatic carbocycles. The Labute approximate surface area is 159 Å². The van der Waals surface area contributed by atoms with Crippen LogP contribution < -0.4 is 15.7 Å². The second-order valence-corrected chi connectivity index (χ2v) is 6.19. The first-order valence-electron chi connectivity index (χ1n) is 8.04. The van der Waals surface area contributed by atoms with E-state index in [-0.39, 0.29) is 11.5 Å².